The average molecular weight is 371 g/mol. The number of hydrogen-bond acceptors (Lipinski definition) is 2. The van der Waals surface area contributed by atoms with Crippen molar-refractivity contribution in [2.45, 2.75) is 52.6 Å². The lowest BCUT2D eigenvalue weighted by molar-refractivity contribution is 0.141. The maximum absolute atomic E-state index is 11.4. The Morgan fingerprint density at radius 1 is 0.960 bits per heavy atom. The van der Waals surface area contributed by atoms with Gasteiger partial charge in [-0.3, -0.25) is 0 Å². The van der Waals surface area contributed by atoms with E-state index in [0.29, 0.717) is 23.7 Å². The molecule has 0 atom stereocenters. The van der Waals surface area contributed by atoms with Gasteiger partial charge in [0.25, 0.3) is 0 Å². The van der Waals surface area contributed by atoms with Crippen molar-refractivity contribution in [1.82, 2.24) is 9.80 Å². The Bertz CT molecular complexity index is 580. The van der Waals surface area contributed by atoms with Gasteiger partial charge in [0.1, 0.15) is 0 Å². The van der Waals surface area contributed by atoms with Crippen molar-refractivity contribution >= 4 is 23.8 Å². The van der Waals surface area contributed by atoms with Crippen LogP contribution in [-0.2, 0) is 13.1 Å². The molecule has 0 aliphatic carbocycles. The summed E-state index contributed by atoms with van der Waals surface area (Å²) in [5.74, 6) is 0. The van der Waals surface area contributed by atoms with Crippen molar-refractivity contribution in [1.29, 1.82) is 0 Å². The molecule has 0 radical (unpaired) electrons. The molecular formula is C18H27ClN2O4. The smallest absolute Gasteiger partial charge is 0.407 e. The van der Waals surface area contributed by atoms with Crippen molar-refractivity contribution in [2.75, 3.05) is 13.1 Å². The summed E-state index contributed by atoms with van der Waals surface area (Å²) in [6.45, 7) is 5.40. The maximum Gasteiger partial charge on any atom is 0.407 e. The van der Waals surface area contributed by atoms with Gasteiger partial charge in [0.05, 0.1) is 6.54 Å². The van der Waals surface area contributed by atoms with Crippen molar-refractivity contribution in [3.8, 4) is 0 Å². The highest BCUT2D eigenvalue weighted by Gasteiger charge is 2.16. The predicted octanol–water partition coefficient (Wildman–Crippen LogP) is 4.90. The molecule has 0 aliphatic rings. The van der Waals surface area contributed by atoms with Crippen LogP contribution in [0.3, 0.4) is 0 Å². The standard InChI is InChI=1S/C18H27ClN2O4/c1-3-5-9-20(17(22)23)12-14-7-8-16(19)15(11-14)13-21(18(24)25)10-6-4-2/h7-8,11H,3-6,9-10,12-13H2,1-2H3,(H,22,23)(H,24,25). The van der Waals surface area contributed by atoms with Crippen molar-refractivity contribution in [3.63, 3.8) is 0 Å². The molecule has 0 unspecified atom stereocenters. The van der Waals surface area contributed by atoms with Gasteiger partial charge < -0.3 is 20.0 Å². The molecule has 0 saturated carbocycles. The number of hydrogen-bond donors (Lipinski definition) is 2. The van der Waals surface area contributed by atoms with Gasteiger partial charge in [-0.05, 0) is 30.0 Å². The molecule has 7 heteroatoms. The Labute approximate surface area is 154 Å². The second-order valence-electron chi connectivity index (χ2n) is 6.04. The van der Waals surface area contributed by atoms with E-state index in [1.807, 2.05) is 13.8 Å². The second kappa shape index (κ2) is 10.8. The number of benzene rings is 1. The number of carbonyl (C=O) groups is 2. The zero-order chi connectivity index (χ0) is 18.8. The number of carboxylic acid groups (broad SMARTS) is 2. The SMILES string of the molecule is CCCCN(Cc1ccc(Cl)c(CN(CCCC)C(=O)O)c1)C(=O)O. The minimum Gasteiger partial charge on any atom is -0.465 e. The van der Waals surface area contributed by atoms with Gasteiger partial charge in [0.15, 0.2) is 0 Å². The number of halogens is 1. The molecule has 0 bridgehead atoms. The van der Waals surface area contributed by atoms with E-state index >= 15 is 0 Å². The molecule has 0 spiro atoms. The van der Waals surface area contributed by atoms with Crippen LogP contribution < -0.4 is 0 Å². The molecule has 25 heavy (non-hydrogen) atoms. The van der Waals surface area contributed by atoms with Gasteiger partial charge in [-0.1, -0.05) is 50.4 Å². The maximum atomic E-state index is 11.4. The molecule has 1 aromatic carbocycles. The normalized spacial score (nSPS) is 10.5. The summed E-state index contributed by atoms with van der Waals surface area (Å²) in [6, 6.07) is 5.28. The first-order valence-corrected chi connectivity index (χ1v) is 8.99. The first-order chi connectivity index (χ1) is 11.9. The molecule has 0 heterocycles. The lowest BCUT2D eigenvalue weighted by Crippen LogP contribution is -2.31. The number of unbranched alkanes of at least 4 members (excludes halogenated alkanes) is 2. The van der Waals surface area contributed by atoms with Crippen molar-refractivity contribution in [3.05, 3.63) is 34.3 Å². The van der Waals surface area contributed by atoms with E-state index in [0.717, 1.165) is 31.2 Å². The molecule has 1 rings (SSSR count). The Morgan fingerprint density at radius 2 is 1.48 bits per heavy atom. The van der Waals surface area contributed by atoms with E-state index in [2.05, 4.69) is 0 Å². The van der Waals surface area contributed by atoms with Crippen molar-refractivity contribution < 1.29 is 19.8 Å². The topological polar surface area (TPSA) is 81.1 Å². The Morgan fingerprint density at radius 3 is 1.96 bits per heavy atom. The monoisotopic (exact) mass is 370 g/mol. The number of rotatable bonds is 10. The molecule has 2 N–H and O–H groups in total. The van der Waals surface area contributed by atoms with Crippen LogP contribution in [0.25, 0.3) is 0 Å². The Hall–Kier alpha value is -1.95. The third-order valence-corrected chi connectivity index (χ3v) is 4.32. The molecule has 0 fully saturated rings. The van der Waals surface area contributed by atoms with Gasteiger partial charge in [0, 0.05) is 24.7 Å². The lowest BCUT2D eigenvalue weighted by Gasteiger charge is -2.22. The first kappa shape index (κ1) is 21.1. The quantitative estimate of drug-likeness (QED) is 0.613. The zero-order valence-electron chi connectivity index (χ0n) is 14.9. The van der Waals surface area contributed by atoms with E-state index in [1.165, 1.54) is 9.80 Å². The molecule has 6 nitrogen and oxygen atoms in total. The minimum absolute atomic E-state index is 0.198. The van der Waals surface area contributed by atoms with Crippen LogP contribution in [0.1, 0.15) is 50.7 Å². The van der Waals surface area contributed by atoms with E-state index in [9.17, 15) is 19.8 Å². The summed E-state index contributed by atoms with van der Waals surface area (Å²) in [5.41, 5.74) is 1.50. The first-order valence-electron chi connectivity index (χ1n) is 8.62. The second-order valence-corrected chi connectivity index (χ2v) is 6.45. The Kier molecular flexibility index (Phi) is 9.13. The molecular weight excluding hydrogens is 344 g/mol. The van der Waals surface area contributed by atoms with Gasteiger partial charge in [-0.25, -0.2) is 9.59 Å². The summed E-state index contributed by atoms with van der Waals surface area (Å²) in [5, 5.41) is 19.1. The highest BCUT2D eigenvalue weighted by atomic mass is 35.5. The Balaban J connectivity index is 2.90. The fraction of sp³-hybridized carbons (Fsp3) is 0.556. The van der Waals surface area contributed by atoms with E-state index in [-0.39, 0.29) is 13.1 Å². The average Bonchev–Trinajstić information content (AvgIpc) is 2.57. The van der Waals surface area contributed by atoms with E-state index in [4.69, 9.17) is 11.6 Å². The fourth-order valence-corrected chi connectivity index (χ4v) is 2.63. The zero-order valence-corrected chi connectivity index (χ0v) is 15.6. The molecule has 0 aromatic heterocycles. The van der Waals surface area contributed by atoms with Gasteiger partial charge in [-0.15, -0.1) is 0 Å². The summed E-state index contributed by atoms with van der Waals surface area (Å²) in [7, 11) is 0. The van der Waals surface area contributed by atoms with Crippen LogP contribution in [0, 0.1) is 0 Å². The van der Waals surface area contributed by atoms with Crippen LogP contribution in [0.15, 0.2) is 18.2 Å². The van der Waals surface area contributed by atoms with Gasteiger partial charge in [0.2, 0.25) is 0 Å². The van der Waals surface area contributed by atoms with Crippen LogP contribution in [0.4, 0.5) is 9.59 Å². The lowest BCUT2D eigenvalue weighted by atomic mass is 10.1. The van der Waals surface area contributed by atoms with Gasteiger partial charge >= 0.3 is 12.2 Å². The fourth-order valence-electron chi connectivity index (χ4n) is 2.46. The largest absolute Gasteiger partial charge is 0.465 e. The number of nitrogens with zero attached hydrogens (tertiary/aromatic N) is 2. The third-order valence-electron chi connectivity index (χ3n) is 3.95. The molecule has 2 amide bonds. The summed E-state index contributed by atoms with van der Waals surface area (Å²) >= 11 is 6.21. The van der Waals surface area contributed by atoms with E-state index in [1.54, 1.807) is 18.2 Å². The van der Waals surface area contributed by atoms with Crippen LogP contribution in [-0.4, -0.2) is 45.3 Å². The van der Waals surface area contributed by atoms with Gasteiger partial charge in [-0.2, -0.15) is 0 Å². The molecule has 140 valence electrons. The van der Waals surface area contributed by atoms with Crippen LogP contribution >= 0.6 is 11.6 Å². The van der Waals surface area contributed by atoms with E-state index < -0.39 is 12.2 Å². The number of amides is 2. The third kappa shape index (κ3) is 7.22. The summed E-state index contributed by atoms with van der Waals surface area (Å²) in [6.07, 6.45) is 1.47. The molecule has 0 saturated heterocycles. The highest BCUT2D eigenvalue weighted by Crippen LogP contribution is 2.21. The molecule has 1 aromatic rings. The minimum atomic E-state index is -0.981. The van der Waals surface area contributed by atoms with Crippen LogP contribution in [0.5, 0.6) is 0 Å². The summed E-state index contributed by atoms with van der Waals surface area (Å²) < 4.78 is 0. The van der Waals surface area contributed by atoms with Crippen LogP contribution in [0.2, 0.25) is 5.02 Å². The highest BCUT2D eigenvalue weighted by molar-refractivity contribution is 6.31. The predicted molar refractivity (Wildman–Crippen MR) is 98.1 cm³/mol. The van der Waals surface area contributed by atoms with Crippen molar-refractivity contribution in [2.24, 2.45) is 0 Å². The summed E-state index contributed by atoms with van der Waals surface area (Å²) in [4.78, 5) is 25.4. The molecule has 0 aliphatic heterocycles.